The predicted octanol–water partition coefficient (Wildman–Crippen LogP) is 3.41. The average Bonchev–Trinajstić information content (AvgIpc) is 2.93. The number of aromatic nitrogens is 3. The van der Waals surface area contributed by atoms with E-state index in [4.69, 9.17) is 15.5 Å². The number of imidazole rings is 1. The average molecular weight is 330 g/mol. The number of aryl methyl sites for hydroxylation is 1. The molecule has 122 valence electrons. The number of thiol groups is 1. The largest absolute Gasteiger partial charge is 0.382 e. The lowest BCUT2D eigenvalue weighted by Crippen LogP contribution is -2.06. The molecular weight excluding hydrogens is 308 g/mol. The maximum absolute atomic E-state index is 6.15. The topological polar surface area (TPSA) is 66.0 Å². The van der Waals surface area contributed by atoms with Gasteiger partial charge in [0, 0.05) is 18.5 Å². The maximum Gasteiger partial charge on any atom is 0.152 e. The number of nitrogen functional groups attached to an aromatic ring is 1. The highest BCUT2D eigenvalue weighted by atomic mass is 32.1. The van der Waals surface area contributed by atoms with Gasteiger partial charge >= 0.3 is 0 Å². The number of nitrogens with zero attached hydrogens (tertiary/aromatic N) is 3. The van der Waals surface area contributed by atoms with Crippen molar-refractivity contribution in [1.82, 2.24) is 14.5 Å². The highest BCUT2D eigenvalue weighted by molar-refractivity contribution is 7.80. The van der Waals surface area contributed by atoms with Gasteiger partial charge in [-0.05, 0) is 31.6 Å². The van der Waals surface area contributed by atoms with E-state index < -0.39 is 0 Å². The van der Waals surface area contributed by atoms with E-state index in [9.17, 15) is 0 Å². The lowest BCUT2D eigenvalue weighted by atomic mass is 10.2. The Labute approximate surface area is 141 Å². The van der Waals surface area contributed by atoms with Crippen LogP contribution in [0, 0.1) is 0 Å². The quantitative estimate of drug-likeness (QED) is 0.515. The summed E-state index contributed by atoms with van der Waals surface area (Å²) in [6, 6.07) is 8.06. The molecule has 23 heavy (non-hydrogen) atoms. The Hall–Kier alpha value is -1.79. The summed E-state index contributed by atoms with van der Waals surface area (Å²) in [4.78, 5) is 9.19. The highest BCUT2D eigenvalue weighted by Gasteiger charge is 2.16. The molecule has 0 aliphatic carbocycles. The van der Waals surface area contributed by atoms with E-state index in [0.717, 1.165) is 52.9 Å². The third-order valence-electron chi connectivity index (χ3n) is 3.91. The molecule has 0 amide bonds. The smallest absolute Gasteiger partial charge is 0.152 e. The predicted molar refractivity (Wildman–Crippen MR) is 97.9 cm³/mol. The summed E-state index contributed by atoms with van der Waals surface area (Å²) < 4.78 is 7.82. The molecular formula is C17H22N4OS. The second-order valence-corrected chi connectivity index (χ2v) is 5.91. The minimum absolute atomic E-state index is 0.476. The number of ether oxygens (including phenoxy) is 1. The van der Waals surface area contributed by atoms with Gasteiger partial charge in [0.05, 0.1) is 11.0 Å². The fraction of sp³-hybridized carbons (Fsp3) is 0.412. The minimum Gasteiger partial charge on any atom is -0.382 e. The normalized spacial score (nSPS) is 11.6. The van der Waals surface area contributed by atoms with Crippen LogP contribution in [0.3, 0.4) is 0 Å². The highest BCUT2D eigenvalue weighted by Crippen LogP contribution is 2.29. The molecule has 0 bridgehead atoms. The molecule has 0 spiro atoms. The number of unbranched alkanes of at least 4 members (excludes halogenated alkanes) is 1. The van der Waals surface area contributed by atoms with E-state index >= 15 is 0 Å². The van der Waals surface area contributed by atoms with Crippen molar-refractivity contribution in [3.8, 4) is 0 Å². The molecule has 6 heteroatoms. The number of pyridine rings is 1. The van der Waals surface area contributed by atoms with Gasteiger partial charge in [-0.25, -0.2) is 9.97 Å². The van der Waals surface area contributed by atoms with Crippen LogP contribution in [0.2, 0.25) is 0 Å². The minimum atomic E-state index is 0.476. The van der Waals surface area contributed by atoms with Crippen LogP contribution in [0.5, 0.6) is 0 Å². The van der Waals surface area contributed by atoms with Gasteiger partial charge in [-0.15, -0.1) is 0 Å². The van der Waals surface area contributed by atoms with Crippen LogP contribution in [0.15, 0.2) is 24.3 Å². The number of para-hydroxylation sites is 1. The zero-order valence-corrected chi connectivity index (χ0v) is 14.2. The zero-order chi connectivity index (χ0) is 16.2. The molecule has 0 fully saturated rings. The van der Waals surface area contributed by atoms with Crippen molar-refractivity contribution in [2.75, 3.05) is 18.1 Å². The van der Waals surface area contributed by atoms with Crippen molar-refractivity contribution >= 4 is 40.4 Å². The molecule has 0 radical (unpaired) electrons. The lowest BCUT2D eigenvalue weighted by Gasteiger charge is -2.10. The van der Waals surface area contributed by atoms with Gasteiger partial charge in [0.25, 0.3) is 0 Å². The van der Waals surface area contributed by atoms with Crippen LogP contribution in [0.4, 0.5) is 5.82 Å². The van der Waals surface area contributed by atoms with Gasteiger partial charge < -0.3 is 15.0 Å². The number of benzene rings is 1. The molecule has 0 saturated heterocycles. The van der Waals surface area contributed by atoms with Gasteiger partial charge in [0.2, 0.25) is 0 Å². The number of hydrogen-bond donors (Lipinski definition) is 2. The first-order valence-electron chi connectivity index (χ1n) is 7.98. The van der Waals surface area contributed by atoms with Crippen molar-refractivity contribution in [2.24, 2.45) is 0 Å². The van der Waals surface area contributed by atoms with Crippen LogP contribution in [0.25, 0.3) is 21.9 Å². The van der Waals surface area contributed by atoms with Gasteiger partial charge in [0.1, 0.15) is 17.9 Å². The zero-order valence-electron chi connectivity index (χ0n) is 13.3. The second kappa shape index (κ2) is 7.19. The second-order valence-electron chi connectivity index (χ2n) is 5.46. The van der Waals surface area contributed by atoms with Gasteiger partial charge in [-0.3, -0.25) is 0 Å². The summed E-state index contributed by atoms with van der Waals surface area (Å²) in [5.74, 6) is 2.27. The summed E-state index contributed by atoms with van der Waals surface area (Å²) in [6.07, 6.45) is 2.11. The third kappa shape index (κ3) is 3.14. The Morgan fingerprint density at radius 1 is 1.22 bits per heavy atom. The summed E-state index contributed by atoms with van der Waals surface area (Å²) in [5.41, 5.74) is 8.87. The van der Waals surface area contributed by atoms with Crippen LogP contribution in [0.1, 0.15) is 25.6 Å². The molecule has 0 saturated carbocycles. The van der Waals surface area contributed by atoms with Crippen molar-refractivity contribution < 1.29 is 4.74 Å². The van der Waals surface area contributed by atoms with Crippen LogP contribution in [-0.2, 0) is 17.9 Å². The van der Waals surface area contributed by atoms with Crippen molar-refractivity contribution in [3.05, 3.63) is 30.1 Å². The van der Waals surface area contributed by atoms with Crippen LogP contribution in [-0.4, -0.2) is 26.9 Å². The fourth-order valence-corrected chi connectivity index (χ4v) is 3.05. The first-order chi connectivity index (χ1) is 11.3. The standard InChI is InChI=1S/C17H22N4OS/c1-2-22-11-14-20-15-16(21(14)9-5-6-10-23)12-7-3-4-8-13(12)19-17(15)18/h3-4,7-8,23H,2,5-6,9-11H2,1H3,(H2,18,19). The van der Waals surface area contributed by atoms with E-state index in [1.165, 1.54) is 0 Å². The molecule has 5 nitrogen and oxygen atoms in total. The summed E-state index contributed by atoms with van der Waals surface area (Å²) >= 11 is 4.30. The van der Waals surface area contributed by atoms with E-state index in [0.29, 0.717) is 19.0 Å². The Bertz CT molecular complexity index is 815. The number of anilines is 1. The van der Waals surface area contributed by atoms with Crippen LogP contribution >= 0.6 is 12.6 Å². The Morgan fingerprint density at radius 3 is 2.83 bits per heavy atom. The van der Waals surface area contributed by atoms with Gasteiger partial charge in [-0.1, -0.05) is 18.2 Å². The molecule has 1 aromatic carbocycles. The molecule has 0 aliphatic heterocycles. The number of hydrogen-bond acceptors (Lipinski definition) is 5. The Balaban J connectivity index is 2.19. The fourth-order valence-electron chi connectivity index (χ4n) is 2.83. The van der Waals surface area contributed by atoms with E-state index in [1.807, 2.05) is 25.1 Å². The summed E-state index contributed by atoms with van der Waals surface area (Å²) in [6.45, 7) is 4.01. The molecule has 2 heterocycles. The molecule has 3 rings (SSSR count). The maximum atomic E-state index is 6.15. The van der Waals surface area contributed by atoms with Crippen molar-refractivity contribution in [2.45, 2.75) is 32.9 Å². The lowest BCUT2D eigenvalue weighted by molar-refractivity contribution is 0.126. The molecule has 0 aliphatic rings. The summed E-state index contributed by atoms with van der Waals surface area (Å²) in [5, 5.41) is 1.08. The van der Waals surface area contributed by atoms with Crippen molar-refractivity contribution in [1.29, 1.82) is 0 Å². The molecule has 2 aromatic heterocycles. The number of fused-ring (bicyclic) bond motifs is 3. The van der Waals surface area contributed by atoms with Gasteiger partial charge in [-0.2, -0.15) is 12.6 Å². The SMILES string of the molecule is CCOCc1nc2c(N)nc3ccccc3c2n1CCCCS. The monoisotopic (exact) mass is 330 g/mol. The molecule has 0 unspecified atom stereocenters. The van der Waals surface area contributed by atoms with Crippen molar-refractivity contribution in [3.63, 3.8) is 0 Å². The van der Waals surface area contributed by atoms with Gasteiger partial charge in [0.15, 0.2) is 5.82 Å². The Kier molecular flexibility index (Phi) is 5.03. The van der Waals surface area contributed by atoms with E-state index in [-0.39, 0.29) is 0 Å². The molecule has 3 aromatic rings. The first kappa shape index (κ1) is 16.1. The Morgan fingerprint density at radius 2 is 2.04 bits per heavy atom. The molecule has 2 N–H and O–H groups in total. The number of nitrogens with two attached hydrogens (primary N) is 1. The number of rotatable bonds is 7. The molecule has 0 atom stereocenters. The van der Waals surface area contributed by atoms with E-state index in [1.54, 1.807) is 0 Å². The van der Waals surface area contributed by atoms with E-state index in [2.05, 4.69) is 28.2 Å². The summed E-state index contributed by atoms with van der Waals surface area (Å²) in [7, 11) is 0. The third-order valence-corrected chi connectivity index (χ3v) is 4.23. The van der Waals surface area contributed by atoms with Crippen LogP contribution < -0.4 is 5.73 Å². The first-order valence-corrected chi connectivity index (χ1v) is 8.61.